The molecule has 0 fully saturated rings. The number of benzene rings is 1. The van der Waals surface area contributed by atoms with E-state index < -0.39 is 34.1 Å². The normalized spacial score (nSPS) is 13.8. The average Bonchev–Trinajstić information content (AvgIpc) is 2.34. The van der Waals surface area contributed by atoms with E-state index in [0.717, 1.165) is 0 Å². The number of carboxylic acids is 1. The topological polar surface area (TPSA) is 95.5 Å². The first-order chi connectivity index (χ1) is 9.13. The lowest BCUT2D eigenvalue weighted by molar-refractivity contribution is -0.137. The van der Waals surface area contributed by atoms with Crippen LogP contribution >= 0.6 is 0 Å². The lowest BCUT2D eigenvalue weighted by atomic mass is 10.2. The SMILES string of the molecule is O=C(O)C(CNS(=O)(=O)C(F)(F)F)Nc1ccccc1. The fourth-order valence-electron chi connectivity index (χ4n) is 1.21. The molecule has 0 aliphatic rings. The Morgan fingerprint density at radius 3 is 2.25 bits per heavy atom. The van der Waals surface area contributed by atoms with Crippen molar-refractivity contribution in [1.82, 2.24) is 4.72 Å². The van der Waals surface area contributed by atoms with E-state index in [1.54, 1.807) is 18.2 Å². The molecule has 1 rings (SSSR count). The third-order valence-corrected chi connectivity index (χ3v) is 3.35. The monoisotopic (exact) mass is 312 g/mol. The maximum absolute atomic E-state index is 12.1. The minimum absolute atomic E-state index is 0.339. The van der Waals surface area contributed by atoms with Gasteiger partial charge in [-0.1, -0.05) is 18.2 Å². The van der Waals surface area contributed by atoms with Crippen LogP contribution in [0.2, 0.25) is 0 Å². The number of halogens is 3. The predicted octanol–water partition coefficient (Wildman–Crippen LogP) is 0.991. The summed E-state index contributed by atoms with van der Waals surface area (Å²) in [5.41, 5.74) is -5.14. The summed E-state index contributed by atoms with van der Waals surface area (Å²) >= 11 is 0. The van der Waals surface area contributed by atoms with Gasteiger partial charge in [-0.2, -0.15) is 13.2 Å². The minimum atomic E-state index is -5.57. The molecule has 6 nitrogen and oxygen atoms in total. The maximum atomic E-state index is 12.1. The van der Waals surface area contributed by atoms with Crippen LogP contribution < -0.4 is 10.0 Å². The van der Waals surface area contributed by atoms with E-state index in [1.165, 1.54) is 16.9 Å². The molecule has 0 aliphatic carbocycles. The van der Waals surface area contributed by atoms with Crippen molar-refractivity contribution in [3.05, 3.63) is 30.3 Å². The molecule has 0 amide bonds. The minimum Gasteiger partial charge on any atom is -0.480 e. The summed E-state index contributed by atoms with van der Waals surface area (Å²) in [4.78, 5) is 10.9. The standard InChI is InChI=1S/C10H11F3N2O4S/c11-10(12,13)20(18,19)14-6-8(9(16)17)15-7-4-2-1-3-5-7/h1-5,8,14-15H,6H2,(H,16,17). The van der Waals surface area contributed by atoms with Gasteiger partial charge in [-0.25, -0.2) is 17.9 Å². The van der Waals surface area contributed by atoms with Crippen LogP contribution in [0.1, 0.15) is 0 Å². The first-order valence-electron chi connectivity index (χ1n) is 5.24. The molecular weight excluding hydrogens is 301 g/mol. The summed E-state index contributed by atoms with van der Waals surface area (Å²) in [7, 11) is -5.57. The van der Waals surface area contributed by atoms with Gasteiger partial charge in [-0.3, -0.25) is 0 Å². The summed E-state index contributed by atoms with van der Waals surface area (Å²) in [6.45, 7) is -0.938. The number of rotatable bonds is 6. The van der Waals surface area contributed by atoms with Gasteiger partial charge in [0.05, 0.1) is 0 Å². The number of sulfonamides is 1. The molecular formula is C10H11F3N2O4S. The van der Waals surface area contributed by atoms with E-state index in [4.69, 9.17) is 5.11 Å². The quantitative estimate of drug-likeness (QED) is 0.728. The predicted molar refractivity (Wildman–Crippen MR) is 64.5 cm³/mol. The summed E-state index contributed by atoms with van der Waals surface area (Å²) < 4.78 is 59.0. The molecule has 1 unspecified atom stereocenters. The van der Waals surface area contributed by atoms with E-state index in [-0.39, 0.29) is 0 Å². The van der Waals surface area contributed by atoms with Crippen LogP contribution in [0.25, 0.3) is 0 Å². The highest BCUT2D eigenvalue weighted by Crippen LogP contribution is 2.21. The number of carboxylic acid groups (broad SMARTS) is 1. The second-order valence-electron chi connectivity index (χ2n) is 3.70. The Morgan fingerprint density at radius 2 is 1.80 bits per heavy atom. The second kappa shape index (κ2) is 6.09. The van der Waals surface area contributed by atoms with Crippen LogP contribution in [0, 0.1) is 0 Å². The summed E-state index contributed by atoms with van der Waals surface area (Å²) in [6.07, 6.45) is 0. The number of carbonyl (C=O) groups is 1. The van der Waals surface area contributed by atoms with E-state index in [1.807, 2.05) is 0 Å². The Kier molecular flexibility index (Phi) is 4.95. The number of para-hydroxylation sites is 1. The van der Waals surface area contributed by atoms with Gasteiger partial charge in [0.1, 0.15) is 6.04 Å². The molecule has 1 aromatic carbocycles. The Labute approximate surface area is 112 Å². The molecule has 0 aliphatic heterocycles. The van der Waals surface area contributed by atoms with E-state index >= 15 is 0 Å². The number of aliphatic carboxylic acids is 1. The van der Waals surface area contributed by atoms with E-state index in [2.05, 4.69) is 5.32 Å². The first-order valence-corrected chi connectivity index (χ1v) is 6.72. The average molecular weight is 312 g/mol. The summed E-state index contributed by atoms with van der Waals surface area (Å²) in [6, 6.07) is 6.28. The largest absolute Gasteiger partial charge is 0.511 e. The van der Waals surface area contributed by atoms with E-state index in [9.17, 15) is 26.4 Å². The Hall–Kier alpha value is -1.81. The van der Waals surface area contributed by atoms with Gasteiger partial charge >= 0.3 is 21.5 Å². The van der Waals surface area contributed by atoms with Gasteiger partial charge in [0, 0.05) is 12.2 Å². The van der Waals surface area contributed by atoms with Crippen molar-refractivity contribution in [2.45, 2.75) is 11.6 Å². The molecule has 0 aromatic heterocycles. The number of nitrogens with one attached hydrogen (secondary N) is 2. The Morgan fingerprint density at radius 1 is 1.25 bits per heavy atom. The molecule has 20 heavy (non-hydrogen) atoms. The third-order valence-electron chi connectivity index (χ3n) is 2.19. The molecule has 0 spiro atoms. The first kappa shape index (κ1) is 16.2. The van der Waals surface area contributed by atoms with Crippen molar-refractivity contribution in [3.8, 4) is 0 Å². The van der Waals surface area contributed by atoms with Gasteiger partial charge < -0.3 is 10.4 Å². The number of hydrogen-bond donors (Lipinski definition) is 3. The molecule has 112 valence electrons. The highest BCUT2D eigenvalue weighted by molar-refractivity contribution is 7.90. The lowest BCUT2D eigenvalue weighted by Gasteiger charge is -2.17. The molecule has 0 radical (unpaired) electrons. The fourth-order valence-corrected chi connectivity index (χ4v) is 1.76. The highest BCUT2D eigenvalue weighted by Gasteiger charge is 2.46. The molecule has 0 bridgehead atoms. The smallest absolute Gasteiger partial charge is 0.480 e. The van der Waals surface area contributed by atoms with Gasteiger partial charge in [0.25, 0.3) is 0 Å². The van der Waals surface area contributed by atoms with Gasteiger partial charge in [0.2, 0.25) is 0 Å². The van der Waals surface area contributed by atoms with Crippen molar-refractivity contribution in [3.63, 3.8) is 0 Å². The number of alkyl halides is 3. The Bertz CT molecular complexity index is 560. The molecule has 0 saturated heterocycles. The van der Waals surface area contributed by atoms with Crippen LogP contribution in [-0.2, 0) is 14.8 Å². The van der Waals surface area contributed by atoms with Gasteiger partial charge in [-0.05, 0) is 12.1 Å². The Balaban J connectivity index is 2.73. The van der Waals surface area contributed by atoms with Crippen molar-refractivity contribution in [2.75, 3.05) is 11.9 Å². The molecule has 1 aromatic rings. The molecule has 3 N–H and O–H groups in total. The molecule has 0 saturated carbocycles. The van der Waals surface area contributed by atoms with Crippen LogP contribution in [-0.4, -0.2) is 37.6 Å². The van der Waals surface area contributed by atoms with Crippen molar-refractivity contribution in [1.29, 1.82) is 0 Å². The maximum Gasteiger partial charge on any atom is 0.511 e. The highest BCUT2D eigenvalue weighted by atomic mass is 32.2. The van der Waals surface area contributed by atoms with Crippen molar-refractivity contribution >= 4 is 21.7 Å². The van der Waals surface area contributed by atoms with Crippen LogP contribution in [0.5, 0.6) is 0 Å². The van der Waals surface area contributed by atoms with Gasteiger partial charge in [-0.15, -0.1) is 0 Å². The van der Waals surface area contributed by atoms with E-state index in [0.29, 0.717) is 5.69 Å². The zero-order valence-electron chi connectivity index (χ0n) is 9.89. The summed E-state index contributed by atoms with van der Waals surface area (Å²) in [5.74, 6) is -1.49. The molecule has 1 atom stereocenters. The zero-order valence-corrected chi connectivity index (χ0v) is 10.7. The third kappa shape index (κ3) is 4.38. The zero-order chi connectivity index (χ0) is 15.4. The lowest BCUT2D eigenvalue weighted by Crippen LogP contribution is -2.45. The summed E-state index contributed by atoms with van der Waals surface area (Å²) in [5, 5.41) is 11.3. The van der Waals surface area contributed by atoms with Crippen LogP contribution in [0.15, 0.2) is 30.3 Å². The second-order valence-corrected chi connectivity index (χ2v) is 5.46. The van der Waals surface area contributed by atoms with Crippen molar-refractivity contribution in [2.24, 2.45) is 0 Å². The molecule has 0 heterocycles. The molecule has 10 heteroatoms. The van der Waals surface area contributed by atoms with Crippen molar-refractivity contribution < 1.29 is 31.5 Å². The fraction of sp³-hybridized carbons (Fsp3) is 0.300. The number of anilines is 1. The van der Waals surface area contributed by atoms with Crippen LogP contribution in [0.3, 0.4) is 0 Å². The number of hydrogen-bond acceptors (Lipinski definition) is 4. The van der Waals surface area contributed by atoms with Gasteiger partial charge in [0.15, 0.2) is 0 Å². The van der Waals surface area contributed by atoms with Crippen LogP contribution in [0.4, 0.5) is 18.9 Å².